The number of carboxylic acid groups (broad SMARTS) is 4. The molecule has 0 spiro atoms. The molecule has 0 aromatic heterocycles. The van der Waals surface area contributed by atoms with Gasteiger partial charge >= 0.3 is 23.9 Å². The summed E-state index contributed by atoms with van der Waals surface area (Å²) in [4.78, 5) is 37.0. The Kier molecular flexibility index (Phi) is 21.3. The van der Waals surface area contributed by atoms with Crippen molar-refractivity contribution in [1.82, 2.24) is 0 Å². The van der Waals surface area contributed by atoms with Crippen LogP contribution in [0.25, 0.3) is 0 Å². The molecule has 2 rings (SSSR count). The molecule has 2 aromatic rings. The molecule has 0 amide bonds. The average Bonchev–Trinajstić information content (AvgIpc) is 2.91. The van der Waals surface area contributed by atoms with Crippen LogP contribution in [-0.4, -0.2) is 61.1 Å². The van der Waals surface area contributed by atoms with Crippen molar-refractivity contribution < 1.29 is 54.6 Å². The topological polar surface area (TPSA) is 199 Å². The smallest absolute Gasteiger partial charge is 0.327 e. The molecule has 0 aliphatic carbocycles. The molecule has 0 heterocycles. The first-order chi connectivity index (χ1) is 18.5. The molecular weight excluding hydrogens is 524 g/mol. The molecule has 218 valence electrons. The Balaban J connectivity index is -0.000000558. The first-order valence-electron chi connectivity index (χ1n) is 11.2. The zero-order valence-electron chi connectivity index (χ0n) is 22.6. The summed E-state index contributed by atoms with van der Waals surface area (Å²) in [7, 11) is 0. The van der Waals surface area contributed by atoms with E-state index in [1.807, 2.05) is 31.2 Å². The van der Waals surface area contributed by atoms with Crippen LogP contribution >= 0.6 is 0 Å². The van der Waals surface area contributed by atoms with Gasteiger partial charge in [0.1, 0.15) is 5.75 Å². The predicted octanol–water partition coefficient (Wildman–Crippen LogP) is 4.85. The first kappa shape index (κ1) is 39.2. The molecule has 0 aliphatic rings. The molecule has 0 radical (unpaired) electrons. The van der Waals surface area contributed by atoms with Crippen molar-refractivity contribution in [2.45, 2.75) is 26.2 Å². The SMILES string of the molecule is C=CC(=O)O.C=CC(=O)O.C=CC(=O)O.C=CC(=O)O.CCOc1cc(C(C)(C)c2ccc(O)cc2)ccc1O. The number of ether oxygens (including phenoxy) is 1. The zero-order valence-corrected chi connectivity index (χ0v) is 22.6. The lowest BCUT2D eigenvalue weighted by molar-refractivity contribution is -0.132. The summed E-state index contributed by atoms with van der Waals surface area (Å²) in [6, 6.07) is 12.6. The molecule has 11 nitrogen and oxygen atoms in total. The van der Waals surface area contributed by atoms with Gasteiger partial charge in [0.2, 0.25) is 0 Å². The molecule has 0 saturated carbocycles. The maximum absolute atomic E-state index is 9.78. The van der Waals surface area contributed by atoms with Gasteiger partial charge in [-0.25, -0.2) is 19.2 Å². The van der Waals surface area contributed by atoms with Crippen LogP contribution in [0.4, 0.5) is 0 Å². The fourth-order valence-electron chi connectivity index (χ4n) is 2.22. The minimum Gasteiger partial charge on any atom is -0.508 e. The standard InChI is InChI=1S/C17H20O3.4C3H4O2/c1-4-20-16-11-13(7-10-15(16)19)17(2,3)12-5-8-14(18)9-6-12;4*1-2-3(4)5/h5-11,18-19H,4H2,1-3H3;4*2H,1H2,(H,4,5). The summed E-state index contributed by atoms with van der Waals surface area (Å²) in [6.45, 7) is 18.4. The lowest BCUT2D eigenvalue weighted by Gasteiger charge is -2.26. The van der Waals surface area contributed by atoms with E-state index < -0.39 is 23.9 Å². The highest BCUT2D eigenvalue weighted by molar-refractivity contribution is 5.79. The maximum atomic E-state index is 9.78. The van der Waals surface area contributed by atoms with Crippen molar-refractivity contribution in [1.29, 1.82) is 0 Å². The molecule has 0 atom stereocenters. The normalized spacial score (nSPS) is 8.88. The van der Waals surface area contributed by atoms with Crippen molar-refractivity contribution in [3.05, 3.63) is 104 Å². The number of phenolic OH excluding ortho intramolecular Hbond substituents is 2. The van der Waals surface area contributed by atoms with Gasteiger partial charge in [-0.3, -0.25) is 0 Å². The number of aromatic hydroxyl groups is 2. The number of phenols is 2. The van der Waals surface area contributed by atoms with Gasteiger partial charge < -0.3 is 35.4 Å². The molecule has 2 aromatic carbocycles. The Labute approximate surface area is 232 Å². The Hall–Kier alpha value is -5.32. The second kappa shape index (κ2) is 21.7. The highest BCUT2D eigenvalue weighted by Crippen LogP contribution is 2.37. The minimum atomic E-state index is -0.981. The van der Waals surface area contributed by atoms with E-state index in [0.29, 0.717) is 12.4 Å². The van der Waals surface area contributed by atoms with E-state index in [2.05, 4.69) is 40.2 Å². The lowest BCUT2D eigenvalue weighted by Crippen LogP contribution is -2.18. The summed E-state index contributed by atoms with van der Waals surface area (Å²) >= 11 is 0. The van der Waals surface area contributed by atoms with Gasteiger partial charge in [-0.15, -0.1) is 0 Å². The third-order valence-electron chi connectivity index (χ3n) is 4.27. The van der Waals surface area contributed by atoms with Gasteiger partial charge in [0.05, 0.1) is 6.61 Å². The molecule has 0 saturated heterocycles. The molecule has 0 unspecified atom stereocenters. The molecule has 11 heteroatoms. The largest absolute Gasteiger partial charge is 0.508 e. The zero-order chi connectivity index (χ0) is 31.9. The van der Waals surface area contributed by atoms with Crippen LogP contribution in [0.15, 0.2) is 93.1 Å². The second-order valence-corrected chi connectivity index (χ2v) is 7.46. The van der Waals surface area contributed by atoms with Crippen LogP contribution in [0.2, 0.25) is 0 Å². The third kappa shape index (κ3) is 19.8. The molecular formula is C29H36O11. The van der Waals surface area contributed by atoms with Crippen LogP contribution < -0.4 is 4.74 Å². The van der Waals surface area contributed by atoms with Gasteiger partial charge in [-0.1, -0.05) is 58.4 Å². The first-order valence-corrected chi connectivity index (χ1v) is 11.2. The van der Waals surface area contributed by atoms with Gasteiger partial charge in [-0.2, -0.15) is 0 Å². The van der Waals surface area contributed by atoms with Gasteiger partial charge in [-0.05, 0) is 42.3 Å². The van der Waals surface area contributed by atoms with E-state index in [9.17, 15) is 29.4 Å². The lowest BCUT2D eigenvalue weighted by atomic mass is 9.78. The number of hydrogen-bond acceptors (Lipinski definition) is 7. The third-order valence-corrected chi connectivity index (χ3v) is 4.27. The van der Waals surface area contributed by atoms with E-state index in [1.165, 1.54) is 0 Å². The van der Waals surface area contributed by atoms with E-state index in [0.717, 1.165) is 35.4 Å². The van der Waals surface area contributed by atoms with Gasteiger partial charge in [0, 0.05) is 29.7 Å². The summed E-state index contributed by atoms with van der Waals surface area (Å²) in [5.41, 5.74) is 1.89. The van der Waals surface area contributed by atoms with Crippen molar-refractivity contribution >= 4 is 23.9 Å². The Morgan fingerprint density at radius 3 is 1.32 bits per heavy atom. The van der Waals surface area contributed by atoms with Crippen LogP contribution in [0.5, 0.6) is 17.2 Å². The second-order valence-electron chi connectivity index (χ2n) is 7.46. The Morgan fingerprint density at radius 1 is 0.700 bits per heavy atom. The van der Waals surface area contributed by atoms with Crippen LogP contribution in [0.3, 0.4) is 0 Å². The number of rotatable bonds is 8. The molecule has 0 aliphatic heterocycles. The number of aliphatic carboxylic acids is 4. The molecule has 0 bridgehead atoms. The number of carboxylic acids is 4. The summed E-state index contributed by atoms with van der Waals surface area (Å²) in [6.07, 6.45) is 3.33. The molecule has 6 N–H and O–H groups in total. The van der Waals surface area contributed by atoms with E-state index >= 15 is 0 Å². The van der Waals surface area contributed by atoms with Crippen molar-refractivity contribution in [3.8, 4) is 17.2 Å². The summed E-state index contributed by atoms with van der Waals surface area (Å²) in [5.74, 6) is -3.02. The molecule has 0 fully saturated rings. The highest BCUT2D eigenvalue weighted by Gasteiger charge is 2.24. The van der Waals surface area contributed by atoms with Gasteiger partial charge in [0.15, 0.2) is 11.5 Å². The van der Waals surface area contributed by atoms with Gasteiger partial charge in [0.25, 0.3) is 0 Å². The number of benzene rings is 2. The summed E-state index contributed by atoms with van der Waals surface area (Å²) in [5, 5.41) is 49.6. The van der Waals surface area contributed by atoms with Crippen LogP contribution in [0, 0.1) is 0 Å². The minimum absolute atomic E-state index is 0.150. The van der Waals surface area contributed by atoms with Crippen LogP contribution in [-0.2, 0) is 24.6 Å². The Morgan fingerprint density at radius 2 is 1.02 bits per heavy atom. The fraction of sp³-hybridized carbons (Fsp3) is 0.172. The van der Waals surface area contributed by atoms with Crippen LogP contribution in [0.1, 0.15) is 31.9 Å². The number of carbonyl (C=O) groups is 4. The van der Waals surface area contributed by atoms with Crippen molar-refractivity contribution in [2.24, 2.45) is 0 Å². The monoisotopic (exact) mass is 560 g/mol. The number of hydrogen-bond donors (Lipinski definition) is 6. The highest BCUT2D eigenvalue weighted by atomic mass is 16.5. The average molecular weight is 561 g/mol. The molecule has 40 heavy (non-hydrogen) atoms. The van der Waals surface area contributed by atoms with E-state index in [1.54, 1.807) is 18.2 Å². The summed E-state index contributed by atoms with van der Waals surface area (Å²) < 4.78 is 5.44. The van der Waals surface area contributed by atoms with E-state index in [-0.39, 0.29) is 16.9 Å². The quantitative estimate of drug-likeness (QED) is 0.241. The maximum Gasteiger partial charge on any atom is 0.327 e. The van der Waals surface area contributed by atoms with Crippen molar-refractivity contribution in [2.75, 3.05) is 6.61 Å². The predicted molar refractivity (Wildman–Crippen MR) is 151 cm³/mol. The Bertz CT molecular complexity index is 1060. The van der Waals surface area contributed by atoms with Crippen molar-refractivity contribution in [3.63, 3.8) is 0 Å². The fourth-order valence-corrected chi connectivity index (χ4v) is 2.22. The van der Waals surface area contributed by atoms with E-state index in [4.69, 9.17) is 25.2 Å².